The van der Waals surface area contributed by atoms with E-state index in [0.29, 0.717) is 24.3 Å². The van der Waals surface area contributed by atoms with Crippen LogP contribution in [0.15, 0.2) is 18.3 Å². The van der Waals surface area contributed by atoms with E-state index in [1.54, 1.807) is 23.2 Å². The minimum atomic E-state index is -2.63. The van der Waals surface area contributed by atoms with Crippen LogP contribution < -0.4 is 4.90 Å². The maximum Gasteiger partial charge on any atom is 0.341 e. The minimum Gasteiger partial charge on any atom is -0.465 e. The van der Waals surface area contributed by atoms with Crippen LogP contribution in [0.25, 0.3) is 0 Å². The van der Waals surface area contributed by atoms with Crippen molar-refractivity contribution in [2.24, 2.45) is 0 Å². The van der Waals surface area contributed by atoms with Crippen LogP contribution in [0.1, 0.15) is 29.6 Å². The van der Waals surface area contributed by atoms with Gasteiger partial charge in [0.25, 0.3) is 0 Å². The quantitative estimate of drug-likeness (QED) is 0.774. The van der Waals surface area contributed by atoms with Gasteiger partial charge in [-0.1, -0.05) is 0 Å². The number of ether oxygens (including phenoxy) is 1. The second kappa shape index (κ2) is 5.50. The molecule has 0 amide bonds. The largest absolute Gasteiger partial charge is 0.465 e. The molecule has 1 aliphatic rings. The molecule has 0 atom stereocenters. The van der Waals surface area contributed by atoms with Gasteiger partial charge in [-0.2, -0.15) is 0 Å². The highest BCUT2D eigenvalue weighted by Gasteiger charge is 2.32. The summed E-state index contributed by atoms with van der Waals surface area (Å²) in [5, 5.41) is 0. The van der Waals surface area contributed by atoms with Gasteiger partial charge >= 0.3 is 5.97 Å². The number of carbonyl (C=O) groups excluding carboxylic acids is 1. The molecule has 0 aliphatic carbocycles. The Bertz CT molecular complexity index is 466. The molecule has 4 nitrogen and oxygen atoms in total. The Morgan fingerprint density at radius 1 is 1.42 bits per heavy atom. The van der Waals surface area contributed by atoms with Crippen molar-refractivity contribution in [3.63, 3.8) is 0 Å². The van der Waals surface area contributed by atoms with Gasteiger partial charge in [0.15, 0.2) is 0 Å². The summed E-state index contributed by atoms with van der Waals surface area (Å²) in [7, 11) is 1.29. The summed E-state index contributed by atoms with van der Waals surface area (Å²) in [5.74, 6) is -2.71. The number of rotatable bonds is 2. The third kappa shape index (κ3) is 3.19. The molecule has 0 unspecified atom stereocenters. The van der Waals surface area contributed by atoms with Crippen LogP contribution in [0.2, 0.25) is 0 Å². The SMILES string of the molecule is COC(=O)c1cccnc1N1CCCC(F)(F)CC1. The average Bonchev–Trinajstić information content (AvgIpc) is 2.59. The van der Waals surface area contributed by atoms with E-state index in [2.05, 4.69) is 9.72 Å². The van der Waals surface area contributed by atoms with Gasteiger partial charge in [0, 0.05) is 32.1 Å². The van der Waals surface area contributed by atoms with Crippen LogP contribution >= 0.6 is 0 Å². The molecule has 1 fully saturated rings. The molecule has 0 N–H and O–H groups in total. The van der Waals surface area contributed by atoms with E-state index in [1.807, 2.05) is 0 Å². The standard InChI is InChI=1S/C13H16F2N2O2/c1-19-12(18)10-4-2-7-16-11(10)17-8-3-5-13(14,15)6-9-17/h2,4,7H,3,5-6,8-9H2,1H3. The Morgan fingerprint density at radius 3 is 2.95 bits per heavy atom. The molecular formula is C13H16F2N2O2. The molecule has 2 heterocycles. The highest BCUT2D eigenvalue weighted by atomic mass is 19.3. The first-order chi connectivity index (χ1) is 9.03. The van der Waals surface area contributed by atoms with Crippen molar-refractivity contribution in [3.05, 3.63) is 23.9 Å². The predicted octanol–water partition coefficient (Wildman–Crippen LogP) is 2.49. The topological polar surface area (TPSA) is 42.4 Å². The number of hydrogen-bond donors (Lipinski definition) is 0. The van der Waals surface area contributed by atoms with E-state index in [9.17, 15) is 13.6 Å². The normalized spacial score (nSPS) is 18.8. The highest BCUT2D eigenvalue weighted by molar-refractivity contribution is 5.94. The summed E-state index contributed by atoms with van der Waals surface area (Å²) in [6.45, 7) is 0.657. The lowest BCUT2D eigenvalue weighted by atomic mass is 10.1. The monoisotopic (exact) mass is 270 g/mol. The zero-order valence-electron chi connectivity index (χ0n) is 10.7. The molecule has 0 saturated carbocycles. The molecule has 0 bridgehead atoms. The lowest BCUT2D eigenvalue weighted by Gasteiger charge is -2.23. The fraction of sp³-hybridized carbons (Fsp3) is 0.538. The van der Waals surface area contributed by atoms with Crippen molar-refractivity contribution in [3.8, 4) is 0 Å². The summed E-state index contributed by atoms with van der Waals surface area (Å²) in [6, 6.07) is 3.22. The summed E-state index contributed by atoms with van der Waals surface area (Å²) in [6.07, 6.45) is 1.59. The van der Waals surface area contributed by atoms with Gasteiger partial charge in [0.2, 0.25) is 5.92 Å². The number of pyridine rings is 1. The van der Waals surface area contributed by atoms with Gasteiger partial charge in [-0.3, -0.25) is 0 Å². The molecule has 1 saturated heterocycles. The Balaban J connectivity index is 2.24. The zero-order valence-corrected chi connectivity index (χ0v) is 10.7. The van der Waals surface area contributed by atoms with Crippen LogP contribution in [-0.4, -0.2) is 37.1 Å². The lowest BCUT2D eigenvalue weighted by Crippen LogP contribution is -2.28. The van der Waals surface area contributed by atoms with Crippen molar-refractivity contribution in [1.29, 1.82) is 0 Å². The van der Waals surface area contributed by atoms with Crippen molar-refractivity contribution < 1.29 is 18.3 Å². The second-order valence-electron chi connectivity index (χ2n) is 4.56. The van der Waals surface area contributed by atoms with Crippen molar-refractivity contribution in [2.75, 3.05) is 25.1 Å². The highest BCUT2D eigenvalue weighted by Crippen LogP contribution is 2.30. The fourth-order valence-electron chi connectivity index (χ4n) is 2.19. The fourth-order valence-corrected chi connectivity index (χ4v) is 2.19. The number of nitrogens with zero attached hydrogens (tertiary/aromatic N) is 2. The van der Waals surface area contributed by atoms with Gasteiger partial charge in [0.1, 0.15) is 11.4 Å². The first-order valence-corrected chi connectivity index (χ1v) is 6.19. The van der Waals surface area contributed by atoms with Crippen LogP contribution in [0.5, 0.6) is 0 Å². The number of aromatic nitrogens is 1. The third-order valence-electron chi connectivity index (χ3n) is 3.21. The maximum absolute atomic E-state index is 13.3. The van der Waals surface area contributed by atoms with Gasteiger partial charge in [-0.25, -0.2) is 18.6 Å². The zero-order chi connectivity index (χ0) is 13.9. The first kappa shape index (κ1) is 13.7. The van der Waals surface area contributed by atoms with Gasteiger partial charge in [-0.05, 0) is 18.6 Å². The molecule has 0 radical (unpaired) electrons. The van der Waals surface area contributed by atoms with Gasteiger partial charge in [-0.15, -0.1) is 0 Å². The maximum atomic E-state index is 13.3. The Morgan fingerprint density at radius 2 is 2.21 bits per heavy atom. The third-order valence-corrected chi connectivity index (χ3v) is 3.21. The van der Waals surface area contributed by atoms with Gasteiger partial charge < -0.3 is 9.64 Å². The van der Waals surface area contributed by atoms with Crippen molar-refractivity contribution in [1.82, 2.24) is 4.98 Å². The molecule has 0 aromatic carbocycles. The van der Waals surface area contributed by atoms with Crippen LogP contribution in [0.3, 0.4) is 0 Å². The number of alkyl halides is 2. The van der Waals surface area contributed by atoms with E-state index in [4.69, 9.17) is 0 Å². The van der Waals surface area contributed by atoms with Crippen molar-refractivity contribution >= 4 is 11.8 Å². The predicted molar refractivity (Wildman–Crippen MR) is 66.6 cm³/mol. The van der Waals surface area contributed by atoms with Gasteiger partial charge in [0.05, 0.1) is 7.11 Å². The molecule has 2 rings (SSSR count). The Kier molecular flexibility index (Phi) is 3.97. The second-order valence-corrected chi connectivity index (χ2v) is 4.56. The number of esters is 1. The van der Waals surface area contributed by atoms with Crippen LogP contribution in [0.4, 0.5) is 14.6 Å². The average molecular weight is 270 g/mol. The number of halogens is 2. The molecule has 0 spiro atoms. The van der Waals surface area contributed by atoms with Crippen LogP contribution in [-0.2, 0) is 4.74 Å². The number of hydrogen-bond acceptors (Lipinski definition) is 4. The molecule has 104 valence electrons. The number of anilines is 1. The minimum absolute atomic E-state index is 0.121. The van der Waals surface area contributed by atoms with Crippen LogP contribution in [0, 0.1) is 0 Å². The Labute approximate surface area is 110 Å². The molecule has 6 heteroatoms. The number of methoxy groups -OCH3 is 1. The smallest absolute Gasteiger partial charge is 0.341 e. The summed E-state index contributed by atoms with van der Waals surface area (Å²) in [5.41, 5.74) is 0.315. The first-order valence-electron chi connectivity index (χ1n) is 6.19. The van der Waals surface area contributed by atoms with E-state index >= 15 is 0 Å². The van der Waals surface area contributed by atoms with E-state index in [0.717, 1.165) is 0 Å². The Hall–Kier alpha value is -1.72. The van der Waals surface area contributed by atoms with E-state index in [1.165, 1.54) is 7.11 Å². The van der Waals surface area contributed by atoms with E-state index < -0.39 is 11.9 Å². The van der Waals surface area contributed by atoms with Crippen molar-refractivity contribution in [2.45, 2.75) is 25.2 Å². The number of carbonyl (C=O) groups is 1. The molecule has 19 heavy (non-hydrogen) atoms. The summed E-state index contributed by atoms with van der Waals surface area (Å²) >= 11 is 0. The lowest BCUT2D eigenvalue weighted by molar-refractivity contribution is -0.0102. The molecule has 1 aliphatic heterocycles. The summed E-state index contributed by atoms with van der Waals surface area (Å²) in [4.78, 5) is 17.5. The molecule has 1 aromatic rings. The molecular weight excluding hydrogens is 254 g/mol. The summed E-state index contributed by atoms with van der Waals surface area (Å²) < 4.78 is 31.4. The molecule has 1 aromatic heterocycles. The van der Waals surface area contributed by atoms with E-state index in [-0.39, 0.29) is 19.4 Å².